The highest BCUT2D eigenvalue weighted by Crippen LogP contribution is 2.27. The van der Waals surface area contributed by atoms with Gasteiger partial charge in [0.15, 0.2) is 5.75 Å². The largest absolute Gasteiger partial charge is 0.490 e. The molecular weight excluding hydrogens is 366 g/mol. The molecule has 0 saturated heterocycles. The number of carbonyl (C=O) groups is 1. The first kappa shape index (κ1) is 18.8. The number of benzene rings is 2. The number of nitrogens with one attached hydrogen (secondary N) is 2. The lowest BCUT2D eigenvalue weighted by Crippen LogP contribution is -2.34. The highest BCUT2D eigenvalue weighted by molar-refractivity contribution is 5.95. The van der Waals surface area contributed by atoms with Crippen molar-refractivity contribution in [2.75, 3.05) is 12.5 Å². The molecule has 0 saturated carbocycles. The first-order valence-electron chi connectivity index (χ1n) is 8.34. The van der Waals surface area contributed by atoms with Crippen LogP contribution < -0.4 is 21.1 Å². The van der Waals surface area contributed by atoms with Gasteiger partial charge in [0, 0.05) is 18.2 Å². The van der Waals surface area contributed by atoms with E-state index < -0.39 is 10.8 Å². The summed E-state index contributed by atoms with van der Waals surface area (Å²) in [6, 6.07) is 10.7. The molecule has 3 aromatic rings. The number of nitrogens with zero attached hydrogens (tertiary/aromatic N) is 3. The fourth-order valence-electron chi connectivity index (χ4n) is 2.72. The van der Waals surface area contributed by atoms with Gasteiger partial charge < -0.3 is 4.74 Å². The normalized spacial score (nSPS) is 10.5. The van der Waals surface area contributed by atoms with Gasteiger partial charge in [-0.2, -0.15) is 0 Å². The van der Waals surface area contributed by atoms with E-state index in [0.29, 0.717) is 17.4 Å². The van der Waals surface area contributed by atoms with Crippen LogP contribution in [0.1, 0.15) is 17.3 Å². The lowest BCUT2D eigenvalue weighted by molar-refractivity contribution is -0.385. The summed E-state index contributed by atoms with van der Waals surface area (Å²) < 4.78 is 6.29. The number of para-hydroxylation sites is 1. The van der Waals surface area contributed by atoms with Gasteiger partial charge in [-0.25, -0.2) is 4.98 Å². The maximum Gasteiger partial charge on any atom is 0.311 e. The summed E-state index contributed by atoms with van der Waals surface area (Å²) in [6.07, 6.45) is 0. The van der Waals surface area contributed by atoms with Crippen LogP contribution in [0.15, 0.2) is 47.3 Å². The van der Waals surface area contributed by atoms with Crippen molar-refractivity contribution in [1.82, 2.24) is 15.0 Å². The zero-order valence-corrected chi connectivity index (χ0v) is 15.1. The van der Waals surface area contributed by atoms with Crippen molar-refractivity contribution < 1.29 is 14.5 Å². The van der Waals surface area contributed by atoms with Crippen molar-refractivity contribution in [1.29, 1.82) is 0 Å². The first-order valence-corrected chi connectivity index (χ1v) is 8.34. The average molecular weight is 383 g/mol. The van der Waals surface area contributed by atoms with Crippen molar-refractivity contribution >= 4 is 28.4 Å². The minimum atomic E-state index is -0.636. The average Bonchev–Trinajstić information content (AvgIpc) is 2.71. The summed E-state index contributed by atoms with van der Waals surface area (Å²) in [6.45, 7) is 2.11. The van der Waals surface area contributed by atoms with Crippen LogP contribution in [-0.2, 0) is 6.54 Å². The Bertz CT molecular complexity index is 1130. The van der Waals surface area contributed by atoms with E-state index >= 15 is 0 Å². The molecule has 0 aliphatic rings. The molecule has 0 bridgehead atoms. The van der Waals surface area contributed by atoms with E-state index in [1.165, 1.54) is 23.8 Å². The van der Waals surface area contributed by atoms with E-state index in [2.05, 4.69) is 15.8 Å². The lowest BCUT2D eigenvalue weighted by Gasteiger charge is -2.14. The number of anilines is 1. The Morgan fingerprint density at radius 1 is 1.29 bits per heavy atom. The van der Waals surface area contributed by atoms with Crippen LogP contribution in [0.25, 0.3) is 10.9 Å². The molecule has 1 amide bonds. The Morgan fingerprint density at radius 2 is 2.04 bits per heavy atom. The molecule has 3 rings (SSSR count). The number of nitro groups is 1. The number of carbonyl (C=O) groups excluding carboxylic acids is 1. The van der Waals surface area contributed by atoms with Crippen molar-refractivity contribution in [2.24, 2.45) is 0 Å². The molecule has 0 atom stereocenters. The minimum Gasteiger partial charge on any atom is -0.490 e. The number of ether oxygens (including phenoxy) is 1. The lowest BCUT2D eigenvalue weighted by atomic mass is 10.2. The van der Waals surface area contributed by atoms with E-state index in [9.17, 15) is 19.7 Å². The van der Waals surface area contributed by atoms with Gasteiger partial charge in [-0.05, 0) is 31.2 Å². The molecule has 10 heteroatoms. The highest BCUT2D eigenvalue weighted by atomic mass is 16.6. The summed E-state index contributed by atoms with van der Waals surface area (Å²) in [5, 5.41) is 11.6. The van der Waals surface area contributed by atoms with E-state index in [1.807, 2.05) is 0 Å². The number of hydrazine groups is 1. The van der Waals surface area contributed by atoms with E-state index in [0.717, 1.165) is 6.07 Å². The number of rotatable bonds is 6. The zero-order chi connectivity index (χ0) is 20.3. The molecule has 28 heavy (non-hydrogen) atoms. The maximum absolute atomic E-state index is 12.6. The van der Waals surface area contributed by atoms with Crippen LogP contribution in [0.3, 0.4) is 0 Å². The molecule has 0 radical (unpaired) electrons. The van der Waals surface area contributed by atoms with Crippen molar-refractivity contribution in [3.05, 3.63) is 68.5 Å². The molecule has 144 valence electrons. The summed E-state index contributed by atoms with van der Waals surface area (Å²) in [5.74, 6) is -0.427. The third kappa shape index (κ3) is 3.47. The van der Waals surface area contributed by atoms with Crippen molar-refractivity contribution in [3.8, 4) is 5.75 Å². The van der Waals surface area contributed by atoms with Crippen LogP contribution in [0.4, 0.5) is 11.6 Å². The molecule has 2 N–H and O–H groups in total. The summed E-state index contributed by atoms with van der Waals surface area (Å²) in [5.41, 5.74) is 4.99. The van der Waals surface area contributed by atoms with Gasteiger partial charge in [0.1, 0.15) is 0 Å². The first-order chi connectivity index (χ1) is 13.5. The predicted molar refractivity (Wildman–Crippen MR) is 102 cm³/mol. The predicted octanol–water partition coefficient (Wildman–Crippen LogP) is 2.09. The third-order valence-electron chi connectivity index (χ3n) is 4.10. The quantitative estimate of drug-likeness (QED) is 0.492. The molecule has 2 aromatic carbocycles. The number of amides is 1. The van der Waals surface area contributed by atoms with Crippen molar-refractivity contribution in [2.45, 2.75) is 13.5 Å². The highest BCUT2D eigenvalue weighted by Gasteiger charge is 2.18. The molecule has 0 aliphatic heterocycles. The van der Waals surface area contributed by atoms with Gasteiger partial charge in [0.05, 0.1) is 22.9 Å². The fraction of sp³-hybridized carbons (Fsp3) is 0.167. The number of nitro benzene ring substituents is 1. The molecule has 0 aliphatic carbocycles. The number of fused-ring (bicyclic) bond motifs is 1. The summed E-state index contributed by atoms with van der Waals surface area (Å²) >= 11 is 0. The second-order valence-electron chi connectivity index (χ2n) is 5.72. The molecular formula is C18H17N5O5. The zero-order valence-electron chi connectivity index (χ0n) is 15.1. The summed E-state index contributed by atoms with van der Waals surface area (Å²) in [7, 11) is 1.30. The number of hydrogen-bond acceptors (Lipinski definition) is 7. The van der Waals surface area contributed by atoms with E-state index in [-0.39, 0.29) is 28.5 Å². The Labute approximate surface area is 158 Å². The number of methoxy groups -OCH3 is 1. The van der Waals surface area contributed by atoms with Crippen LogP contribution in [0.5, 0.6) is 5.75 Å². The van der Waals surface area contributed by atoms with Crippen LogP contribution >= 0.6 is 0 Å². The monoisotopic (exact) mass is 383 g/mol. The maximum atomic E-state index is 12.6. The van der Waals surface area contributed by atoms with Crippen LogP contribution in [0.2, 0.25) is 0 Å². The molecule has 0 spiro atoms. The minimum absolute atomic E-state index is 0.0468. The second kappa shape index (κ2) is 7.74. The second-order valence-corrected chi connectivity index (χ2v) is 5.72. The molecule has 1 heterocycles. The topological polar surface area (TPSA) is 128 Å². The van der Waals surface area contributed by atoms with Gasteiger partial charge >= 0.3 is 5.69 Å². The molecule has 10 nitrogen and oxygen atoms in total. The summed E-state index contributed by atoms with van der Waals surface area (Å²) in [4.78, 5) is 39.8. The Kier molecular flexibility index (Phi) is 5.21. The molecule has 1 aromatic heterocycles. The molecule has 0 fully saturated rings. The SMILES string of the molecule is CCn1c(NNC(=O)c2ccc(OC)c([N+](=O)[O-])c2)nc2ccccc2c1=O. The van der Waals surface area contributed by atoms with Crippen molar-refractivity contribution in [3.63, 3.8) is 0 Å². The van der Waals surface area contributed by atoms with E-state index in [4.69, 9.17) is 4.74 Å². The third-order valence-corrected chi connectivity index (χ3v) is 4.10. The number of aromatic nitrogens is 2. The van der Waals surface area contributed by atoms with E-state index in [1.54, 1.807) is 31.2 Å². The van der Waals surface area contributed by atoms with Gasteiger partial charge in [0.25, 0.3) is 11.5 Å². The Morgan fingerprint density at radius 3 is 2.71 bits per heavy atom. The smallest absolute Gasteiger partial charge is 0.311 e. The standard InChI is InChI=1S/C18H17N5O5/c1-3-22-17(25)12-6-4-5-7-13(12)19-18(22)21-20-16(24)11-8-9-15(28-2)14(10-11)23(26)27/h4-10H,3H2,1-2H3,(H,19,21)(H,20,24). The van der Waals surface area contributed by atoms with Crippen LogP contribution in [-0.4, -0.2) is 27.5 Å². The van der Waals surface area contributed by atoms with Gasteiger partial charge in [0.2, 0.25) is 5.95 Å². The fourth-order valence-corrected chi connectivity index (χ4v) is 2.72. The van der Waals surface area contributed by atoms with Gasteiger partial charge in [-0.1, -0.05) is 12.1 Å². The van der Waals surface area contributed by atoms with Gasteiger partial charge in [-0.15, -0.1) is 0 Å². The Hall–Kier alpha value is -3.95. The number of hydrogen-bond donors (Lipinski definition) is 2. The van der Waals surface area contributed by atoms with Gasteiger partial charge in [-0.3, -0.25) is 35.1 Å². The Balaban J connectivity index is 1.88. The van der Waals surface area contributed by atoms with Crippen LogP contribution in [0, 0.1) is 10.1 Å². The molecule has 0 unspecified atom stereocenters.